The minimum Gasteiger partial charge on any atom is -0.373 e. The fourth-order valence-corrected chi connectivity index (χ4v) is 2.14. The number of aryl methyl sites for hydroxylation is 1. The Balaban J connectivity index is 2.29. The first kappa shape index (κ1) is 14.2. The smallest absolute Gasteiger partial charge is 0.251 e. The Morgan fingerprint density at radius 3 is 2.45 bits per heavy atom. The van der Waals surface area contributed by atoms with Gasteiger partial charge in [-0.3, -0.25) is 14.5 Å². The van der Waals surface area contributed by atoms with E-state index in [0.29, 0.717) is 18.1 Å². The van der Waals surface area contributed by atoms with Gasteiger partial charge in [0.15, 0.2) is 0 Å². The molecule has 20 heavy (non-hydrogen) atoms. The van der Waals surface area contributed by atoms with Crippen LogP contribution in [0, 0.1) is 6.92 Å². The van der Waals surface area contributed by atoms with Crippen LogP contribution in [0.25, 0.3) is 0 Å². The summed E-state index contributed by atoms with van der Waals surface area (Å²) in [5.41, 5.74) is 0.833. The summed E-state index contributed by atoms with van der Waals surface area (Å²) in [6.07, 6.45) is 0.857. The van der Waals surface area contributed by atoms with Gasteiger partial charge in [-0.25, -0.2) is 9.97 Å². The summed E-state index contributed by atoms with van der Waals surface area (Å²) < 4.78 is 0. The molecule has 0 bridgehead atoms. The lowest BCUT2D eigenvalue weighted by Gasteiger charge is -2.16. The number of amides is 2. The second-order valence-corrected chi connectivity index (χ2v) is 4.76. The molecule has 2 N–H and O–H groups in total. The first-order valence-electron chi connectivity index (χ1n) is 6.60. The zero-order chi connectivity index (χ0) is 14.9. The third-order valence-corrected chi connectivity index (χ3v) is 3.44. The highest BCUT2D eigenvalue weighted by Crippen LogP contribution is 2.23. The number of likely N-dealkylation sites (tertiary alicyclic amines) is 1. The molecule has 1 saturated heterocycles. The van der Waals surface area contributed by atoms with Crippen LogP contribution in [0.3, 0.4) is 0 Å². The molecule has 108 valence electrons. The molecule has 2 amide bonds. The molecule has 1 unspecified atom stereocenters. The SMILES string of the molecule is CCc1nc(NC)c(C)c(NC2CC(=O)N(C)C2=O)n1. The number of carbonyl (C=O) groups excluding carboxylic acids is 2. The summed E-state index contributed by atoms with van der Waals surface area (Å²) >= 11 is 0. The third-order valence-electron chi connectivity index (χ3n) is 3.44. The second-order valence-electron chi connectivity index (χ2n) is 4.76. The van der Waals surface area contributed by atoms with Gasteiger partial charge >= 0.3 is 0 Å². The molecule has 7 heteroatoms. The first-order valence-corrected chi connectivity index (χ1v) is 6.60. The van der Waals surface area contributed by atoms with Gasteiger partial charge < -0.3 is 10.6 Å². The van der Waals surface area contributed by atoms with Crippen LogP contribution >= 0.6 is 0 Å². The van der Waals surface area contributed by atoms with E-state index in [2.05, 4.69) is 20.6 Å². The van der Waals surface area contributed by atoms with E-state index in [-0.39, 0.29) is 18.2 Å². The Morgan fingerprint density at radius 2 is 1.95 bits per heavy atom. The predicted molar refractivity (Wildman–Crippen MR) is 75.5 cm³/mol. The highest BCUT2D eigenvalue weighted by atomic mass is 16.2. The lowest BCUT2D eigenvalue weighted by Crippen LogP contribution is -2.32. The van der Waals surface area contributed by atoms with Crippen LogP contribution in [0.4, 0.5) is 11.6 Å². The quantitative estimate of drug-likeness (QED) is 0.782. The van der Waals surface area contributed by atoms with Gasteiger partial charge in [0.25, 0.3) is 5.91 Å². The van der Waals surface area contributed by atoms with E-state index in [9.17, 15) is 9.59 Å². The van der Waals surface area contributed by atoms with Gasteiger partial charge in [-0.2, -0.15) is 0 Å². The number of likely N-dealkylation sites (N-methyl/N-ethyl adjacent to an activating group) is 1. The molecule has 7 nitrogen and oxygen atoms in total. The molecule has 0 aliphatic carbocycles. The van der Waals surface area contributed by atoms with Crippen molar-refractivity contribution in [2.24, 2.45) is 0 Å². The molecule has 0 radical (unpaired) electrons. The second kappa shape index (κ2) is 5.44. The number of aromatic nitrogens is 2. The summed E-state index contributed by atoms with van der Waals surface area (Å²) in [7, 11) is 3.28. The third kappa shape index (κ3) is 2.43. The van der Waals surface area contributed by atoms with Crippen LogP contribution in [-0.2, 0) is 16.0 Å². The van der Waals surface area contributed by atoms with Gasteiger partial charge in [0.2, 0.25) is 5.91 Å². The minimum absolute atomic E-state index is 0.162. The lowest BCUT2D eigenvalue weighted by molar-refractivity contribution is -0.136. The molecule has 0 aromatic carbocycles. The zero-order valence-electron chi connectivity index (χ0n) is 12.1. The summed E-state index contributed by atoms with van der Waals surface area (Å²) in [4.78, 5) is 33.4. The van der Waals surface area contributed by atoms with Gasteiger partial charge in [0.05, 0.1) is 6.42 Å². The van der Waals surface area contributed by atoms with Crippen LogP contribution < -0.4 is 10.6 Å². The Labute approximate surface area is 117 Å². The molecule has 2 rings (SSSR count). The molecule has 2 heterocycles. The molecule has 1 aliphatic heterocycles. The van der Waals surface area contributed by atoms with Crippen molar-refractivity contribution in [2.75, 3.05) is 24.7 Å². The number of anilines is 2. The Morgan fingerprint density at radius 1 is 1.30 bits per heavy atom. The summed E-state index contributed by atoms with van der Waals surface area (Å²) in [6, 6.07) is -0.546. The monoisotopic (exact) mass is 277 g/mol. The first-order chi connectivity index (χ1) is 9.47. The molecule has 0 saturated carbocycles. The number of carbonyl (C=O) groups is 2. The molecule has 1 aliphatic rings. The number of hydrogen-bond acceptors (Lipinski definition) is 6. The maximum atomic E-state index is 11.9. The van der Waals surface area contributed by atoms with Crippen molar-refractivity contribution in [1.29, 1.82) is 0 Å². The summed E-state index contributed by atoms with van der Waals surface area (Å²) in [5.74, 6) is 1.61. The van der Waals surface area contributed by atoms with Crippen LogP contribution in [-0.4, -0.2) is 46.8 Å². The molecule has 0 spiro atoms. The molecular weight excluding hydrogens is 258 g/mol. The van der Waals surface area contributed by atoms with E-state index >= 15 is 0 Å². The Hall–Kier alpha value is -2.18. The van der Waals surface area contributed by atoms with Crippen molar-refractivity contribution in [3.8, 4) is 0 Å². The van der Waals surface area contributed by atoms with E-state index in [1.165, 1.54) is 7.05 Å². The predicted octanol–water partition coefficient (Wildman–Crippen LogP) is 0.558. The molecule has 1 aromatic heterocycles. The molecule has 1 fully saturated rings. The Bertz CT molecular complexity index is 558. The number of nitrogens with one attached hydrogen (secondary N) is 2. The molecule has 1 atom stereocenters. The van der Waals surface area contributed by atoms with Crippen molar-refractivity contribution >= 4 is 23.5 Å². The van der Waals surface area contributed by atoms with Crippen molar-refractivity contribution in [3.05, 3.63) is 11.4 Å². The van der Waals surface area contributed by atoms with E-state index in [1.807, 2.05) is 13.8 Å². The average molecular weight is 277 g/mol. The van der Waals surface area contributed by atoms with Crippen LogP contribution in [0.1, 0.15) is 24.7 Å². The normalized spacial score (nSPS) is 18.6. The number of rotatable bonds is 4. The summed E-state index contributed by atoms with van der Waals surface area (Å²) in [5, 5.41) is 6.08. The van der Waals surface area contributed by atoms with Gasteiger partial charge in [-0.15, -0.1) is 0 Å². The van der Waals surface area contributed by atoms with E-state index < -0.39 is 6.04 Å². The Kier molecular flexibility index (Phi) is 3.87. The van der Waals surface area contributed by atoms with E-state index in [4.69, 9.17) is 0 Å². The topological polar surface area (TPSA) is 87.2 Å². The molecular formula is C13H19N5O2. The minimum atomic E-state index is -0.546. The van der Waals surface area contributed by atoms with E-state index in [0.717, 1.165) is 16.3 Å². The lowest BCUT2D eigenvalue weighted by atomic mass is 10.2. The van der Waals surface area contributed by atoms with Crippen molar-refractivity contribution in [3.63, 3.8) is 0 Å². The van der Waals surface area contributed by atoms with E-state index in [1.54, 1.807) is 7.05 Å². The van der Waals surface area contributed by atoms with Crippen molar-refractivity contribution in [2.45, 2.75) is 32.7 Å². The standard InChI is InChI=1S/C13H19N5O2/c1-5-9-16-11(14-3)7(2)12(17-9)15-8-6-10(19)18(4)13(8)20/h8H,5-6H2,1-4H3,(H2,14,15,16,17). The van der Waals surface area contributed by atoms with Crippen molar-refractivity contribution < 1.29 is 9.59 Å². The van der Waals surface area contributed by atoms with Gasteiger partial charge in [-0.05, 0) is 6.92 Å². The maximum Gasteiger partial charge on any atom is 0.251 e. The average Bonchev–Trinajstić information content (AvgIpc) is 2.68. The maximum absolute atomic E-state index is 11.9. The summed E-state index contributed by atoms with van der Waals surface area (Å²) in [6.45, 7) is 3.84. The van der Waals surface area contributed by atoms with Gasteiger partial charge in [0, 0.05) is 26.1 Å². The van der Waals surface area contributed by atoms with Gasteiger partial charge in [-0.1, -0.05) is 6.92 Å². The fraction of sp³-hybridized carbons (Fsp3) is 0.538. The zero-order valence-corrected chi connectivity index (χ0v) is 12.1. The van der Waals surface area contributed by atoms with Gasteiger partial charge in [0.1, 0.15) is 23.5 Å². The van der Waals surface area contributed by atoms with Crippen molar-refractivity contribution in [1.82, 2.24) is 14.9 Å². The van der Waals surface area contributed by atoms with Crippen LogP contribution in [0.2, 0.25) is 0 Å². The highest BCUT2D eigenvalue weighted by Gasteiger charge is 2.36. The number of nitrogens with zero attached hydrogens (tertiary/aromatic N) is 3. The van der Waals surface area contributed by atoms with Crippen LogP contribution in [0.15, 0.2) is 0 Å². The van der Waals surface area contributed by atoms with Crippen LogP contribution in [0.5, 0.6) is 0 Å². The fourth-order valence-electron chi connectivity index (χ4n) is 2.14. The number of hydrogen-bond donors (Lipinski definition) is 2. The highest BCUT2D eigenvalue weighted by molar-refractivity contribution is 6.06. The largest absolute Gasteiger partial charge is 0.373 e. The molecule has 1 aromatic rings. The number of imide groups is 1.